The lowest BCUT2D eigenvalue weighted by atomic mass is 9.99. The van der Waals surface area contributed by atoms with Crippen LogP contribution < -0.4 is 0 Å². The van der Waals surface area contributed by atoms with E-state index < -0.39 is 36.7 Å². The predicted octanol–water partition coefficient (Wildman–Crippen LogP) is -3.04. The van der Waals surface area contributed by atoms with Crippen LogP contribution in [0.3, 0.4) is 0 Å². The van der Waals surface area contributed by atoms with E-state index >= 15 is 0 Å². The highest BCUT2D eigenvalue weighted by molar-refractivity contribution is 5.75. The molecule has 0 spiro atoms. The van der Waals surface area contributed by atoms with Crippen LogP contribution in [0.5, 0.6) is 0 Å². The molecule has 0 radical (unpaired) electrons. The number of esters is 1. The summed E-state index contributed by atoms with van der Waals surface area (Å²) in [5.41, 5.74) is 0. The van der Waals surface area contributed by atoms with Crippen LogP contribution >= 0.6 is 0 Å². The lowest BCUT2D eigenvalue weighted by Gasteiger charge is -2.36. The van der Waals surface area contributed by atoms with E-state index in [0.29, 0.717) is 0 Å². The van der Waals surface area contributed by atoms with Crippen LogP contribution in [0, 0.1) is 0 Å². The van der Waals surface area contributed by atoms with E-state index in [-0.39, 0.29) is 0 Å². The third-order valence-electron chi connectivity index (χ3n) is 2.02. The molecule has 0 aromatic heterocycles. The first-order valence-electron chi connectivity index (χ1n) is 3.94. The molecule has 1 saturated heterocycles. The first-order chi connectivity index (χ1) is 6.49. The van der Waals surface area contributed by atoms with Crippen molar-refractivity contribution >= 4 is 5.97 Å². The molecule has 0 saturated carbocycles. The molecule has 7 nitrogen and oxygen atoms in total. The second kappa shape index (κ2) is 4.20. The normalized spacial score (nSPS) is 43.4. The summed E-state index contributed by atoms with van der Waals surface area (Å²) in [6, 6.07) is 0. The van der Waals surface area contributed by atoms with Gasteiger partial charge in [0.15, 0.2) is 12.4 Å². The van der Waals surface area contributed by atoms with Gasteiger partial charge in [0.2, 0.25) is 0 Å². The Morgan fingerprint density at radius 3 is 2.21 bits per heavy atom. The summed E-state index contributed by atoms with van der Waals surface area (Å²) >= 11 is 0. The van der Waals surface area contributed by atoms with E-state index in [1.54, 1.807) is 0 Å². The van der Waals surface area contributed by atoms with Gasteiger partial charge in [0.05, 0.1) is 7.11 Å². The standard InChI is InChI=1S/C7H12O7/c1-13-7(12)5-3(9)2(8)4(10)6(11)14-5/h2-6,8-11H,1H3/t2-,3+,4-,5+,6+/m1/s1. The minimum Gasteiger partial charge on any atom is -0.467 e. The molecule has 5 atom stereocenters. The Morgan fingerprint density at radius 1 is 1.14 bits per heavy atom. The van der Waals surface area contributed by atoms with Crippen LogP contribution in [0.15, 0.2) is 0 Å². The Morgan fingerprint density at radius 2 is 1.71 bits per heavy atom. The van der Waals surface area contributed by atoms with Gasteiger partial charge in [0, 0.05) is 0 Å². The molecule has 1 aliphatic heterocycles. The third kappa shape index (κ3) is 1.86. The van der Waals surface area contributed by atoms with Crippen LogP contribution in [0.4, 0.5) is 0 Å². The summed E-state index contributed by atoms with van der Waals surface area (Å²) in [6.07, 6.45) is -8.14. The monoisotopic (exact) mass is 208 g/mol. The highest BCUT2D eigenvalue weighted by Crippen LogP contribution is 2.20. The number of hydrogen-bond donors (Lipinski definition) is 4. The molecule has 1 fully saturated rings. The van der Waals surface area contributed by atoms with E-state index in [1.165, 1.54) is 0 Å². The first kappa shape index (κ1) is 11.3. The number of carbonyl (C=O) groups is 1. The van der Waals surface area contributed by atoms with Crippen molar-refractivity contribution in [3.05, 3.63) is 0 Å². The fraction of sp³-hybridized carbons (Fsp3) is 0.857. The Hall–Kier alpha value is -0.730. The summed E-state index contributed by atoms with van der Waals surface area (Å²) in [5.74, 6) is -0.928. The topological polar surface area (TPSA) is 116 Å². The van der Waals surface area contributed by atoms with Gasteiger partial charge in [0.1, 0.15) is 18.3 Å². The summed E-state index contributed by atoms with van der Waals surface area (Å²) < 4.78 is 8.82. The highest BCUT2D eigenvalue weighted by Gasteiger charge is 2.46. The van der Waals surface area contributed by atoms with E-state index in [4.69, 9.17) is 10.2 Å². The zero-order valence-corrected chi connectivity index (χ0v) is 7.40. The molecule has 1 aliphatic rings. The van der Waals surface area contributed by atoms with Gasteiger partial charge in [-0.15, -0.1) is 0 Å². The maximum atomic E-state index is 11.0. The lowest BCUT2D eigenvalue weighted by molar-refractivity contribution is -0.280. The summed E-state index contributed by atoms with van der Waals surface area (Å²) in [5, 5.41) is 36.5. The Kier molecular flexibility index (Phi) is 3.40. The third-order valence-corrected chi connectivity index (χ3v) is 2.02. The lowest BCUT2D eigenvalue weighted by Crippen LogP contribution is -2.59. The number of aliphatic hydroxyl groups excluding tert-OH is 4. The molecule has 0 aromatic carbocycles. The molecule has 0 bridgehead atoms. The van der Waals surface area contributed by atoms with Crippen molar-refractivity contribution in [2.45, 2.75) is 30.7 Å². The minimum absolute atomic E-state index is 0.928. The zero-order valence-electron chi connectivity index (χ0n) is 7.40. The molecule has 4 N–H and O–H groups in total. The Balaban J connectivity index is 2.75. The van der Waals surface area contributed by atoms with Crippen LogP contribution in [0.2, 0.25) is 0 Å². The predicted molar refractivity (Wildman–Crippen MR) is 40.9 cm³/mol. The van der Waals surface area contributed by atoms with E-state index in [9.17, 15) is 15.0 Å². The van der Waals surface area contributed by atoms with Crippen LogP contribution in [-0.4, -0.2) is 64.2 Å². The van der Waals surface area contributed by atoms with Gasteiger partial charge in [-0.1, -0.05) is 0 Å². The van der Waals surface area contributed by atoms with Crippen LogP contribution in [0.25, 0.3) is 0 Å². The van der Waals surface area contributed by atoms with Crippen molar-refractivity contribution in [2.75, 3.05) is 7.11 Å². The number of aliphatic hydroxyl groups is 4. The molecule has 0 aromatic rings. The van der Waals surface area contributed by atoms with Crippen molar-refractivity contribution in [3.8, 4) is 0 Å². The van der Waals surface area contributed by atoms with E-state index in [0.717, 1.165) is 7.11 Å². The zero-order chi connectivity index (χ0) is 10.9. The average molecular weight is 208 g/mol. The molecule has 14 heavy (non-hydrogen) atoms. The largest absolute Gasteiger partial charge is 0.467 e. The number of hydrogen-bond acceptors (Lipinski definition) is 7. The second-order valence-corrected chi connectivity index (χ2v) is 2.94. The fourth-order valence-electron chi connectivity index (χ4n) is 1.17. The molecule has 0 unspecified atom stereocenters. The van der Waals surface area contributed by atoms with Gasteiger partial charge < -0.3 is 29.9 Å². The Labute approximate surface area is 79.5 Å². The molecule has 0 aliphatic carbocycles. The van der Waals surface area contributed by atoms with Crippen molar-refractivity contribution in [1.29, 1.82) is 0 Å². The SMILES string of the molecule is COC(=O)[C@H]1O[C@H](O)[C@H](O)[C@H](O)[C@@H]1O. The highest BCUT2D eigenvalue weighted by atomic mass is 16.7. The van der Waals surface area contributed by atoms with Gasteiger partial charge in [-0.25, -0.2) is 4.79 Å². The number of ether oxygens (including phenoxy) is 2. The number of methoxy groups -OCH3 is 1. The molecular weight excluding hydrogens is 196 g/mol. The van der Waals surface area contributed by atoms with Gasteiger partial charge in [-0.2, -0.15) is 0 Å². The van der Waals surface area contributed by atoms with Crippen molar-refractivity contribution in [3.63, 3.8) is 0 Å². The fourth-order valence-corrected chi connectivity index (χ4v) is 1.17. The molecular formula is C7H12O7. The number of rotatable bonds is 1. The number of carbonyl (C=O) groups excluding carboxylic acids is 1. The van der Waals surface area contributed by atoms with Gasteiger partial charge in [-0.3, -0.25) is 0 Å². The van der Waals surface area contributed by atoms with E-state index in [1.807, 2.05) is 0 Å². The van der Waals surface area contributed by atoms with E-state index in [2.05, 4.69) is 9.47 Å². The first-order valence-corrected chi connectivity index (χ1v) is 3.94. The molecule has 0 amide bonds. The molecule has 1 rings (SSSR count). The maximum absolute atomic E-state index is 11.0. The van der Waals surface area contributed by atoms with Crippen LogP contribution in [-0.2, 0) is 14.3 Å². The average Bonchev–Trinajstić information content (AvgIpc) is 2.19. The maximum Gasteiger partial charge on any atom is 0.337 e. The van der Waals surface area contributed by atoms with Gasteiger partial charge >= 0.3 is 5.97 Å². The quantitative estimate of drug-likeness (QED) is 0.338. The van der Waals surface area contributed by atoms with Gasteiger partial charge in [-0.05, 0) is 0 Å². The van der Waals surface area contributed by atoms with Crippen LogP contribution in [0.1, 0.15) is 0 Å². The summed E-state index contributed by atoms with van der Waals surface area (Å²) in [6.45, 7) is 0. The summed E-state index contributed by atoms with van der Waals surface area (Å²) in [4.78, 5) is 11.0. The minimum atomic E-state index is -1.72. The molecule has 1 heterocycles. The second-order valence-electron chi connectivity index (χ2n) is 2.94. The Bertz CT molecular complexity index is 218. The summed E-state index contributed by atoms with van der Waals surface area (Å²) in [7, 11) is 1.07. The van der Waals surface area contributed by atoms with Gasteiger partial charge in [0.25, 0.3) is 0 Å². The molecule has 7 heteroatoms. The molecule has 82 valence electrons. The van der Waals surface area contributed by atoms with Crippen molar-refractivity contribution < 1.29 is 34.7 Å². The van der Waals surface area contributed by atoms with Crippen molar-refractivity contribution in [1.82, 2.24) is 0 Å². The van der Waals surface area contributed by atoms with Crippen molar-refractivity contribution in [2.24, 2.45) is 0 Å². The smallest absolute Gasteiger partial charge is 0.337 e.